The molecule has 15 heavy (non-hydrogen) atoms. The first-order chi connectivity index (χ1) is 7.19. The molecule has 1 heterocycles. The zero-order chi connectivity index (χ0) is 11.3. The fourth-order valence-electron chi connectivity index (χ4n) is 1.14. The van der Waals surface area contributed by atoms with Gasteiger partial charge in [0.2, 0.25) is 5.88 Å². The van der Waals surface area contributed by atoms with Gasteiger partial charge in [0.05, 0.1) is 5.71 Å². The summed E-state index contributed by atoms with van der Waals surface area (Å²) in [5.74, 6) is 0.0922. The first kappa shape index (κ1) is 12.4. The first-order valence-corrected chi connectivity index (χ1v) is 5.98. The fraction of sp³-hybridized carbons (Fsp3) is 0.556. The van der Waals surface area contributed by atoms with E-state index in [4.69, 9.17) is 17.3 Å². The number of hydrogen-bond donors (Lipinski definition) is 3. The van der Waals surface area contributed by atoms with Gasteiger partial charge in [-0.2, -0.15) is 0 Å². The number of aromatic amines is 1. The Kier molecular flexibility index (Phi) is 4.93. The molecular weight excluding hydrogens is 232 g/mol. The average molecular weight is 246 g/mol. The summed E-state index contributed by atoms with van der Waals surface area (Å²) in [6.07, 6.45) is 1.38. The van der Waals surface area contributed by atoms with E-state index < -0.39 is 0 Å². The Morgan fingerprint density at radius 3 is 2.80 bits per heavy atom. The number of H-pyrrole nitrogens is 1. The molecular formula is C9H14N2O2S2. The van der Waals surface area contributed by atoms with Crippen LogP contribution in [0.1, 0.15) is 24.6 Å². The SMILES string of the molecule is CCC(=NCCCO)c1sc(=S)[nH]c1O. The van der Waals surface area contributed by atoms with Gasteiger partial charge in [0.15, 0.2) is 3.95 Å². The van der Waals surface area contributed by atoms with Crippen molar-refractivity contribution in [1.82, 2.24) is 4.98 Å². The summed E-state index contributed by atoms with van der Waals surface area (Å²) in [6.45, 7) is 2.68. The lowest BCUT2D eigenvalue weighted by molar-refractivity contribution is 0.291. The number of aliphatic imine (C=N–C) groups is 1. The van der Waals surface area contributed by atoms with Gasteiger partial charge in [-0.15, -0.1) is 0 Å². The van der Waals surface area contributed by atoms with E-state index in [9.17, 15) is 5.11 Å². The van der Waals surface area contributed by atoms with Crippen molar-refractivity contribution < 1.29 is 10.2 Å². The van der Waals surface area contributed by atoms with Gasteiger partial charge in [-0.05, 0) is 25.1 Å². The number of thiazole rings is 1. The minimum absolute atomic E-state index is 0.0922. The molecule has 0 spiro atoms. The van der Waals surface area contributed by atoms with E-state index in [0.717, 1.165) is 12.1 Å². The number of aromatic hydroxyl groups is 1. The average Bonchev–Trinajstić information content (AvgIpc) is 2.53. The molecule has 0 atom stereocenters. The molecule has 0 saturated carbocycles. The largest absolute Gasteiger partial charge is 0.493 e. The van der Waals surface area contributed by atoms with E-state index in [2.05, 4.69) is 9.98 Å². The molecule has 0 aliphatic heterocycles. The minimum Gasteiger partial charge on any atom is -0.493 e. The van der Waals surface area contributed by atoms with E-state index in [1.807, 2.05) is 6.92 Å². The van der Waals surface area contributed by atoms with E-state index in [1.165, 1.54) is 11.3 Å². The minimum atomic E-state index is 0.0922. The van der Waals surface area contributed by atoms with Gasteiger partial charge in [0.25, 0.3) is 0 Å². The lowest BCUT2D eigenvalue weighted by Gasteiger charge is -2.00. The molecule has 0 aliphatic rings. The Balaban J connectivity index is 2.87. The molecule has 0 amide bonds. The summed E-state index contributed by atoms with van der Waals surface area (Å²) in [5, 5.41) is 18.2. The normalized spacial score (nSPS) is 12.0. The smallest absolute Gasteiger partial charge is 0.209 e. The summed E-state index contributed by atoms with van der Waals surface area (Å²) in [7, 11) is 0. The highest BCUT2D eigenvalue weighted by molar-refractivity contribution is 7.73. The van der Waals surface area contributed by atoms with Crippen LogP contribution in [0.4, 0.5) is 0 Å². The summed E-state index contributed by atoms with van der Waals surface area (Å²) in [4.78, 5) is 7.70. The third-order valence-electron chi connectivity index (χ3n) is 1.85. The van der Waals surface area contributed by atoms with Crippen LogP contribution in [0.3, 0.4) is 0 Å². The number of hydrogen-bond acceptors (Lipinski definition) is 5. The van der Waals surface area contributed by atoms with Crippen molar-refractivity contribution in [3.8, 4) is 5.88 Å². The summed E-state index contributed by atoms with van der Waals surface area (Å²) in [5.41, 5.74) is 0.832. The number of aliphatic hydroxyl groups is 1. The Morgan fingerprint density at radius 2 is 2.33 bits per heavy atom. The molecule has 0 unspecified atom stereocenters. The van der Waals surface area contributed by atoms with Crippen LogP contribution in [-0.4, -0.2) is 34.1 Å². The molecule has 1 aromatic heterocycles. The number of nitrogens with zero attached hydrogens (tertiary/aromatic N) is 1. The predicted molar refractivity (Wildman–Crippen MR) is 64.6 cm³/mol. The monoisotopic (exact) mass is 246 g/mol. The van der Waals surface area contributed by atoms with Crippen LogP contribution >= 0.6 is 23.6 Å². The Labute approximate surface area is 97.3 Å². The second-order valence-corrected chi connectivity index (χ2v) is 4.64. The summed E-state index contributed by atoms with van der Waals surface area (Å²) >= 11 is 6.25. The number of rotatable bonds is 5. The lowest BCUT2D eigenvalue weighted by Crippen LogP contribution is -1.99. The first-order valence-electron chi connectivity index (χ1n) is 4.75. The summed E-state index contributed by atoms with van der Waals surface area (Å²) < 4.78 is 0.547. The standard InChI is InChI=1S/C9H14N2O2S2/c1-2-6(10-4-3-5-12)7-8(13)11-9(14)15-7/h12-13H,2-5H2,1H3,(H,11,14). The van der Waals surface area contributed by atoms with Crippen LogP contribution in [0.25, 0.3) is 0 Å². The number of nitrogens with one attached hydrogen (secondary N) is 1. The molecule has 1 aromatic rings. The van der Waals surface area contributed by atoms with E-state index >= 15 is 0 Å². The lowest BCUT2D eigenvalue weighted by atomic mass is 10.2. The van der Waals surface area contributed by atoms with E-state index in [1.54, 1.807) is 0 Å². The van der Waals surface area contributed by atoms with Crippen molar-refractivity contribution in [1.29, 1.82) is 0 Å². The van der Waals surface area contributed by atoms with Crippen molar-refractivity contribution in [3.05, 3.63) is 8.83 Å². The summed E-state index contributed by atoms with van der Waals surface area (Å²) in [6, 6.07) is 0. The van der Waals surface area contributed by atoms with Gasteiger partial charge < -0.3 is 15.2 Å². The van der Waals surface area contributed by atoms with Gasteiger partial charge in [-0.25, -0.2) is 0 Å². The molecule has 1 rings (SSSR count). The molecule has 6 heteroatoms. The zero-order valence-electron chi connectivity index (χ0n) is 8.49. The van der Waals surface area contributed by atoms with Crippen molar-refractivity contribution in [2.24, 2.45) is 4.99 Å². The van der Waals surface area contributed by atoms with Crippen molar-refractivity contribution in [3.63, 3.8) is 0 Å². The maximum absolute atomic E-state index is 9.55. The number of aromatic nitrogens is 1. The van der Waals surface area contributed by atoms with E-state index in [0.29, 0.717) is 21.8 Å². The Hall–Kier alpha value is -0.720. The molecule has 0 aromatic carbocycles. The molecule has 0 radical (unpaired) electrons. The maximum atomic E-state index is 9.55. The van der Waals surface area contributed by atoms with Gasteiger partial charge >= 0.3 is 0 Å². The van der Waals surface area contributed by atoms with Crippen LogP contribution in [0.2, 0.25) is 0 Å². The second kappa shape index (κ2) is 5.99. The molecule has 4 nitrogen and oxygen atoms in total. The Bertz CT molecular complexity index is 395. The molecule has 84 valence electrons. The highest BCUT2D eigenvalue weighted by Crippen LogP contribution is 2.23. The molecule has 0 saturated heterocycles. The number of aliphatic hydroxyl groups excluding tert-OH is 1. The van der Waals surface area contributed by atoms with Gasteiger partial charge in [0, 0.05) is 13.2 Å². The van der Waals surface area contributed by atoms with Gasteiger partial charge in [0.1, 0.15) is 4.88 Å². The van der Waals surface area contributed by atoms with Crippen LogP contribution in [0.15, 0.2) is 4.99 Å². The highest BCUT2D eigenvalue weighted by Gasteiger charge is 2.10. The van der Waals surface area contributed by atoms with Crippen LogP contribution in [-0.2, 0) is 0 Å². The quantitative estimate of drug-likeness (QED) is 0.423. The van der Waals surface area contributed by atoms with Crippen molar-refractivity contribution >= 4 is 29.3 Å². The van der Waals surface area contributed by atoms with Crippen LogP contribution < -0.4 is 0 Å². The van der Waals surface area contributed by atoms with Crippen molar-refractivity contribution in [2.45, 2.75) is 19.8 Å². The van der Waals surface area contributed by atoms with E-state index in [-0.39, 0.29) is 12.5 Å². The molecule has 0 fully saturated rings. The van der Waals surface area contributed by atoms with Crippen LogP contribution in [0, 0.1) is 3.95 Å². The fourth-order valence-corrected chi connectivity index (χ4v) is 2.30. The zero-order valence-corrected chi connectivity index (χ0v) is 10.1. The topological polar surface area (TPSA) is 68.6 Å². The Morgan fingerprint density at radius 1 is 1.60 bits per heavy atom. The van der Waals surface area contributed by atoms with Gasteiger partial charge in [-0.1, -0.05) is 18.3 Å². The third kappa shape index (κ3) is 3.40. The highest BCUT2D eigenvalue weighted by atomic mass is 32.1. The van der Waals surface area contributed by atoms with Gasteiger partial charge in [-0.3, -0.25) is 4.99 Å². The van der Waals surface area contributed by atoms with Crippen LogP contribution in [0.5, 0.6) is 5.88 Å². The van der Waals surface area contributed by atoms with Crippen molar-refractivity contribution in [2.75, 3.05) is 13.2 Å². The maximum Gasteiger partial charge on any atom is 0.209 e. The third-order valence-corrected chi connectivity index (χ3v) is 3.12. The molecule has 0 aliphatic carbocycles. The second-order valence-electron chi connectivity index (χ2n) is 2.95. The molecule has 0 bridgehead atoms. The predicted octanol–water partition coefficient (Wildman–Crippen LogP) is 2.09. The molecule has 3 N–H and O–H groups in total.